The van der Waals surface area contributed by atoms with Crippen molar-refractivity contribution < 1.29 is 13.2 Å². The van der Waals surface area contributed by atoms with Crippen LogP contribution in [0, 0.1) is 6.92 Å². The highest BCUT2D eigenvalue weighted by atomic mass is 35.5. The number of benzene rings is 1. The molecule has 0 spiro atoms. The summed E-state index contributed by atoms with van der Waals surface area (Å²) >= 11 is 7.37. The summed E-state index contributed by atoms with van der Waals surface area (Å²) in [5.74, 6) is 0.0935. The number of piperazine rings is 1. The number of amides is 1. The summed E-state index contributed by atoms with van der Waals surface area (Å²) in [6.45, 7) is 5.74. The molecule has 2 saturated heterocycles. The molecule has 31 heavy (non-hydrogen) atoms. The van der Waals surface area contributed by atoms with Gasteiger partial charge >= 0.3 is 0 Å². The molecule has 168 valence electrons. The zero-order chi connectivity index (χ0) is 22.0. The van der Waals surface area contributed by atoms with Crippen molar-refractivity contribution in [1.29, 1.82) is 0 Å². The zero-order valence-corrected chi connectivity index (χ0v) is 20.1. The molecule has 0 unspecified atom stereocenters. The number of halogens is 1. The second-order valence-corrected chi connectivity index (χ2v) is 11.9. The van der Waals surface area contributed by atoms with Crippen molar-refractivity contribution in [2.45, 2.75) is 36.8 Å². The fraction of sp³-hybridized carbons (Fsp3) is 0.500. The maximum Gasteiger partial charge on any atom is 0.252 e. The van der Waals surface area contributed by atoms with Crippen molar-refractivity contribution in [2.24, 2.45) is 0 Å². The number of hydrogen-bond donors (Lipinski definition) is 0. The number of carbonyl (C=O) groups excluding carboxylic acids is 1. The summed E-state index contributed by atoms with van der Waals surface area (Å²) in [4.78, 5) is 17.4. The first kappa shape index (κ1) is 22.6. The Balaban J connectivity index is 1.39. The van der Waals surface area contributed by atoms with Crippen molar-refractivity contribution >= 4 is 44.6 Å². The topological polar surface area (TPSA) is 60.9 Å². The molecule has 9 heteroatoms. The van der Waals surface area contributed by atoms with Crippen LogP contribution in [0.5, 0.6) is 0 Å². The average Bonchev–Trinajstić information content (AvgIpc) is 3.25. The Morgan fingerprint density at radius 1 is 1.00 bits per heavy atom. The van der Waals surface area contributed by atoms with Crippen molar-refractivity contribution in [2.75, 3.05) is 44.2 Å². The first-order valence-corrected chi connectivity index (χ1v) is 13.4. The van der Waals surface area contributed by atoms with E-state index in [0.29, 0.717) is 35.4 Å². The summed E-state index contributed by atoms with van der Waals surface area (Å²) in [5.41, 5.74) is 2.18. The predicted octanol–water partition coefficient (Wildman–Crippen LogP) is 3.78. The Labute approximate surface area is 193 Å². The number of likely N-dealkylation sites (tertiary alicyclic amines) is 1. The summed E-state index contributed by atoms with van der Waals surface area (Å²) in [6.07, 6.45) is 3.56. The number of piperidine rings is 1. The molecule has 6 nitrogen and oxygen atoms in total. The second-order valence-electron chi connectivity index (χ2n) is 8.16. The summed E-state index contributed by atoms with van der Waals surface area (Å²) < 4.78 is 28.2. The van der Waals surface area contributed by atoms with Gasteiger partial charge in [0.05, 0.1) is 6.42 Å². The SMILES string of the molecule is Cc1ccc(Cl)cc1N1CCN(S(=O)(=O)c2ccc(CC(=O)N3CCCCC3)s2)CC1. The molecule has 0 atom stereocenters. The Bertz CT molecular complexity index is 1040. The van der Waals surface area contributed by atoms with Gasteiger partial charge in [-0.1, -0.05) is 17.7 Å². The first-order valence-electron chi connectivity index (χ1n) is 10.7. The highest BCUT2D eigenvalue weighted by Crippen LogP contribution is 2.29. The third kappa shape index (κ3) is 5.08. The normalized spacial score (nSPS) is 18.4. The van der Waals surface area contributed by atoms with Crippen molar-refractivity contribution in [1.82, 2.24) is 9.21 Å². The van der Waals surface area contributed by atoms with Crippen LogP contribution >= 0.6 is 22.9 Å². The number of hydrogen-bond acceptors (Lipinski definition) is 5. The van der Waals surface area contributed by atoms with E-state index in [1.54, 1.807) is 16.4 Å². The van der Waals surface area contributed by atoms with E-state index in [-0.39, 0.29) is 12.3 Å². The van der Waals surface area contributed by atoms with Gasteiger partial charge in [-0.05, 0) is 56.0 Å². The number of anilines is 1. The Kier molecular flexibility index (Phi) is 6.91. The lowest BCUT2D eigenvalue weighted by Gasteiger charge is -2.36. The highest BCUT2D eigenvalue weighted by Gasteiger charge is 2.30. The highest BCUT2D eigenvalue weighted by molar-refractivity contribution is 7.91. The standard InChI is InChI=1S/C22H28ClN3O3S2/c1-17-5-6-18(23)15-20(17)24-11-13-26(14-12-24)31(28,29)22-8-7-19(30-22)16-21(27)25-9-3-2-4-10-25/h5-8,15H,2-4,9-14,16H2,1H3. The molecule has 2 aliphatic rings. The number of sulfonamides is 1. The van der Waals surface area contributed by atoms with E-state index in [1.807, 2.05) is 30.0 Å². The fourth-order valence-corrected chi connectivity index (χ4v) is 7.31. The Morgan fingerprint density at radius 3 is 2.42 bits per heavy atom. The van der Waals surface area contributed by atoms with Crippen LogP contribution in [-0.2, 0) is 21.2 Å². The van der Waals surface area contributed by atoms with E-state index in [1.165, 1.54) is 17.8 Å². The van der Waals surface area contributed by atoms with Crippen LogP contribution in [0.2, 0.25) is 5.02 Å². The molecule has 1 aromatic carbocycles. The van der Waals surface area contributed by atoms with Gasteiger partial charge in [0.2, 0.25) is 5.91 Å². The van der Waals surface area contributed by atoms with Gasteiger partial charge in [-0.2, -0.15) is 4.31 Å². The van der Waals surface area contributed by atoms with Crippen LogP contribution in [0.15, 0.2) is 34.5 Å². The van der Waals surface area contributed by atoms with Crippen LogP contribution in [0.25, 0.3) is 0 Å². The van der Waals surface area contributed by atoms with E-state index in [0.717, 1.165) is 42.1 Å². The van der Waals surface area contributed by atoms with Gasteiger partial charge in [0.1, 0.15) is 4.21 Å². The Hall–Kier alpha value is -1.61. The molecule has 2 aromatic rings. The lowest BCUT2D eigenvalue weighted by Crippen LogP contribution is -2.48. The predicted molar refractivity (Wildman–Crippen MR) is 126 cm³/mol. The summed E-state index contributed by atoms with van der Waals surface area (Å²) in [5, 5.41) is 0.681. The molecule has 0 N–H and O–H groups in total. The minimum Gasteiger partial charge on any atom is -0.369 e. The maximum absolute atomic E-state index is 13.2. The first-order chi connectivity index (χ1) is 14.8. The maximum atomic E-state index is 13.2. The van der Waals surface area contributed by atoms with Gasteiger partial charge in [-0.15, -0.1) is 11.3 Å². The monoisotopic (exact) mass is 481 g/mol. The van der Waals surface area contributed by atoms with E-state index in [9.17, 15) is 13.2 Å². The van der Waals surface area contributed by atoms with Gasteiger partial charge in [-0.3, -0.25) is 4.79 Å². The van der Waals surface area contributed by atoms with Crippen LogP contribution < -0.4 is 4.90 Å². The lowest BCUT2D eigenvalue weighted by atomic mass is 10.1. The largest absolute Gasteiger partial charge is 0.369 e. The second kappa shape index (κ2) is 9.48. The van der Waals surface area contributed by atoms with Crippen LogP contribution in [0.4, 0.5) is 5.69 Å². The third-order valence-corrected chi connectivity index (χ3v) is 9.70. The number of thiophene rings is 1. The van der Waals surface area contributed by atoms with Crippen molar-refractivity contribution in [3.05, 3.63) is 45.8 Å². The fourth-order valence-electron chi connectivity index (χ4n) is 4.22. The van der Waals surface area contributed by atoms with Gasteiger partial charge in [0.25, 0.3) is 10.0 Å². The van der Waals surface area contributed by atoms with Crippen molar-refractivity contribution in [3.63, 3.8) is 0 Å². The minimum absolute atomic E-state index is 0.0935. The molecule has 1 aromatic heterocycles. The molecule has 0 bridgehead atoms. The molecular weight excluding hydrogens is 454 g/mol. The van der Waals surface area contributed by atoms with Crippen LogP contribution in [0.3, 0.4) is 0 Å². The quantitative estimate of drug-likeness (QED) is 0.652. The van der Waals surface area contributed by atoms with Crippen LogP contribution in [-0.4, -0.2) is 62.8 Å². The molecule has 0 radical (unpaired) electrons. The molecule has 1 amide bonds. The molecule has 2 aliphatic heterocycles. The smallest absolute Gasteiger partial charge is 0.252 e. The molecule has 4 rings (SSSR count). The summed E-state index contributed by atoms with van der Waals surface area (Å²) in [7, 11) is -3.55. The minimum atomic E-state index is -3.55. The molecular formula is C22H28ClN3O3S2. The van der Waals surface area contributed by atoms with Gasteiger partial charge < -0.3 is 9.80 Å². The average molecular weight is 482 g/mol. The molecule has 2 fully saturated rings. The molecule has 0 saturated carbocycles. The van der Waals surface area contributed by atoms with Crippen molar-refractivity contribution in [3.8, 4) is 0 Å². The van der Waals surface area contributed by atoms with Crippen LogP contribution in [0.1, 0.15) is 29.7 Å². The van der Waals surface area contributed by atoms with Gasteiger partial charge in [0, 0.05) is 54.9 Å². The molecule has 3 heterocycles. The van der Waals surface area contributed by atoms with E-state index in [2.05, 4.69) is 4.90 Å². The zero-order valence-electron chi connectivity index (χ0n) is 17.7. The Morgan fingerprint density at radius 2 is 1.71 bits per heavy atom. The number of aryl methyl sites for hydroxylation is 1. The van der Waals surface area contributed by atoms with Gasteiger partial charge in [0.15, 0.2) is 0 Å². The van der Waals surface area contributed by atoms with E-state index in [4.69, 9.17) is 11.6 Å². The third-order valence-electron chi connectivity index (χ3n) is 6.02. The lowest BCUT2D eigenvalue weighted by molar-refractivity contribution is -0.131. The number of nitrogens with zero attached hydrogens (tertiary/aromatic N) is 3. The van der Waals surface area contributed by atoms with E-state index >= 15 is 0 Å². The van der Waals surface area contributed by atoms with E-state index < -0.39 is 10.0 Å². The molecule has 0 aliphatic carbocycles. The van der Waals surface area contributed by atoms with Gasteiger partial charge in [-0.25, -0.2) is 8.42 Å². The number of rotatable bonds is 5. The summed E-state index contributed by atoms with van der Waals surface area (Å²) in [6, 6.07) is 9.22. The number of carbonyl (C=O) groups is 1.